The lowest BCUT2D eigenvalue weighted by atomic mass is 10.1. The minimum Gasteiger partial charge on any atom is -0.391 e. The third-order valence-electron chi connectivity index (χ3n) is 4.80. The fourth-order valence-electron chi connectivity index (χ4n) is 3.43. The van der Waals surface area contributed by atoms with Gasteiger partial charge in [0.2, 0.25) is 23.6 Å². The molecule has 6 N–H and O–H groups in total. The number of H-pyrrole nitrogens is 1. The van der Waals surface area contributed by atoms with Gasteiger partial charge in [-0.2, -0.15) is 0 Å². The van der Waals surface area contributed by atoms with Crippen molar-refractivity contribution in [2.24, 2.45) is 5.73 Å². The molecule has 0 bridgehead atoms. The normalized spacial score (nSPS) is 25.9. The molecule has 0 aliphatic carbocycles. The van der Waals surface area contributed by atoms with Crippen LogP contribution in [0, 0.1) is 0 Å². The van der Waals surface area contributed by atoms with Crippen molar-refractivity contribution in [2.75, 3.05) is 6.54 Å². The van der Waals surface area contributed by atoms with Crippen LogP contribution in [0.1, 0.15) is 25.0 Å². The average molecular weight is 378 g/mol. The van der Waals surface area contributed by atoms with E-state index < -0.39 is 42.0 Å². The highest BCUT2D eigenvalue weighted by atomic mass is 16.3. The number of hydrogen-bond acceptors (Lipinski definition) is 6. The van der Waals surface area contributed by atoms with Gasteiger partial charge in [-0.25, -0.2) is 4.98 Å². The summed E-state index contributed by atoms with van der Waals surface area (Å²) in [4.78, 5) is 56.4. The van der Waals surface area contributed by atoms with Crippen LogP contribution in [-0.4, -0.2) is 74.4 Å². The number of carbonyl (C=O) groups excluding carboxylic acids is 4. The van der Waals surface area contributed by atoms with Crippen molar-refractivity contribution in [1.29, 1.82) is 0 Å². The lowest BCUT2D eigenvalue weighted by molar-refractivity contribution is -0.141. The fraction of sp³-hybridized carbons (Fsp3) is 0.562. The third-order valence-corrected chi connectivity index (χ3v) is 4.80. The van der Waals surface area contributed by atoms with Crippen molar-refractivity contribution in [1.82, 2.24) is 25.5 Å². The van der Waals surface area contributed by atoms with Gasteiger partial charge < -0.3 is 31.4 Å². The number of aliphatic hydroxyl groups excluding tert-OH is 1. The molecule has 11 heteroatoms. The first-order valence-electron chi connectivity index (χ1n) is 8.70. The van der Waals surface area contributed by atoms with Crippen LogP contribution in [0.25, 0.3) is 0 Å². The summed E-state index contributed by atoms with van der Waals surface area (Å²) in [7, 11) is 0. The summed E-state index contributed by atoms with van der Waals surface area (Å²) in [6.07, 6.45) is 2.88. The van der Waals surface area contributed by atoms with E-state index in [4.69, 9.17) is 5.73 Å². The molecular weight excluding hydrogens is 356 g/mol. The zero-order chi connectivity index (χ0) is 19.6. The number of hydrogen-bond donors (Lipinski definition) is 5. The van der Waals surface area contributed by atoms with Crippen LogP contribution < -0.4 is 16.4 Å². The van der Waals surface area contributed by atoms with Gasteiger partial charge in [0, 0.05) is 37.7 Å². The van der Waals surface area contributed by atoms with Crippen LogP contribution in [0.3, 0.4) is 0 Å². The minimum absolute atomic E-state index is 0.0397. The summed E-state index contributed by atoms with van der Waals surface area (Å²) in [6.45, 7) is -0.0397. The van der Waals surface area contributed by atoms with E-state index in [0.29, 0.717) is 12.1 Å². The average Bonchev–Trinajstić information content (AvgIpc) is 3.34. The fourth-order valence-corrected chi connectivity index (χ4v) is 3.43. The first-order valence-corrected chi connectivity index (χ1v) is 8.70. The molecule has 4 atom stereocenters. The second-order valence-corrected chi connectivity index (χ2v) is 6.80. The summed E-state index contributed by atoms with van der Waals surface area (Å²) >= 11 is 0. The number of carbonyl (C=O) groups is 4. The van der Waals surface area contributed by atoms with Gasteiger partial charge in [0.1, 0.15) is 18.1 Å². The van der Waals surface area contributed by atoms with Gasteiger partial charge in [0.05, 0.1) is 12.4 Å². The molecule has 3 heterocycles. The molecule has 0 aromatic carbocycles. The quantitative estimate of drug-likeness (QED) is 0.357. The molecule has 0 unspecified atom stereocenters. The van der Waals surface area contributed by atoms with Crippen molar-refractivity contribution in [3.05, 3.63) is 18.2 Å². The number of nitrogens with zero attached hydrogens (tertiary/aromatic N) is 2. The highest BCUT2D eigenvalue weighted by Crippen LogP contribution is 2.20. The Morgan fingerprint density at radius 3 is 2.81 bits per heavy atom. The summed E-state index contributed by atoms with van der Waals surface area (Å²) in [5, 5.41) is 15.0. The molecule has 146 valence electrons. The minimum atomic E-state index is -0.998. The Bertz CT molecular complexity index is 736. The number of aromatic amines is 1. The number of rotatable bonds is 6. The van der Waals surface area contributed by atoms with Gasteiger partial charge in [0.15, 0.2) is 0 Å². The summed E-state index contributed by atoms with van der Waals surface area (Å²) in [6, 6.07) is -2.63. The largest absolute Gasteiger partial charge is 0.391 e. The number of nitrogens with two attached hydrogens (primary N) is 1. The Labute approximate surface area is 154 Å². The second-order valence-electron chi connectivity index (χ2n) is 6.80. The second kappa shape index (κ2) is 7.74. The molecule has 2 fully saturated rings. The lowest BCUT2D eigenvalue weighted by Crippen LogP contribution is -2.56. The monoisotopic (exact) mass is 378 g/mol. The maximum absolute atomic E-state index is 13.0. The molecule has 1 aromatic rings. The Kier molecular flexibility index (Phi) is 5.40. The van der Waals surface area contributed by atoms with Gasteiger partial charge in [-0.05, 0) is 6.42 Å². The molecule has 2 saturated heterocycles. The number of aromatic nitrogens is 2. The summed E-state index contributed by atoms with van der Waals surface area (Å²) in [5.74, 6) is -1.94. The Hall–Kier alpha value is -2.95. The van der Waals surface area contributed by atoms with Gasteiger partial charge >= 0.3 is 0 Å². The molecular formula is C16H22N6O5. The van der Waals surface area contributed by atoms with Crippen LogP contribution in [0.2, 0.25) is 0 Å². The zero-order valence-corrected chi connectivity index (χ0v) is 14.6. The predicted octanol–water partition coefficient (Wildman–Crippen LogP) is -2.84. The Morgan fingerprint density at radius 1 is 1.44 bits per heavy atom. The molecule has 0 radical (unpaired) electrons. The topological polar surface area (TPSA) is 171 Å². The summed E-state index contributed by atoms with van der Waals surface area (Å²) in [5.41, 5.74) is 5.96. The first-order chi connectivity index (χ1) is 12.8. The third kappa shape index (κ3) is 4.25. The van der Waals surface area contributed by atoms with E-state index in [-0.39, 0.29) is 31.7 Å². The van der Waals surface area contributed by atoms with Crippen molar-refractivity contribution >= 4 is 23.6 Å². The van der Waals surface area contributed by atoms with Gasteiger partial charge in [0.25, 0.3) is 0 Å². The molecule has 0 spiro atoms. The number of primary amides is 1. The lowest BCUT2D eigenvalue weighted by Gasteiger charge is -2.28. The SMILES string of the molecule is NC(=O)[C@@H]1C[C@@H](O)CN1C(=O)[C@H](Cc1cnc[nH]1)NC(=O)[C@@H]1CCC(=O)N1. The van der Waals surface area contributed by atoms with Crippen molar-refractivity contribution < 1.29 is 24.3 Å². The van der Waals surface area contributed by atoms with E-state index in [2.05, 4.69) is 20.6 Å². The van der Waals surface area contributed by atoms with Crippen LogP contribution in [0.15, 0.2) is 12.5 Å². The standard InChI is InChI=1S/C16H22N6O5/c17-14(25)12-4-9(23)6-22(12)16(27)11(3-8-5-18-7-19-8)21-15(26)10-1-2-13(24)20-10/h5,7,9-12,23H,1-4,6H2,(H2,17,25)(H,18,19)(H,20,24)(H,21,26)/t9-,10+,11+,12+/m1/s1. The van der Waals surface area contributed by atoms with Gasteiger partial charge in [-0.1, -0.05) is 0 Å². The highest BCUT2D eigenvalue weighted by molar-refractivity contribution is 5.95. The van der Waals surface area contributed by atoms with Gasteiger partial charge in [-0.3, -0.25) is 19.2 Å². The zero-order valence-electron chi connectivity index (χ0n) is 14.6. The van der Waals surface area contributed by atoms with E-state index in [1.807, 2.05) is 0 Å². The van der Waals surface area contributed by atoms with Gasteiger partial charge in [-0.15, -0.1) is 0 Å². The van der Waals surface area contributed by atoms with Crippen LogP contribution in [0.5, 0.6) is 0 Å². The number of nitrogens with one attached hydrogen (secondary N) is 3. The smallest absolute Gasteiger partial charge is 0.246 e. The first kappa shape index (κ1) is 18.8. The summed E-state index contributed by atoms with van der Waals surface area (Å²) < 4.78 is 0. The Morgan fingerprint density at radius 2 is 2.22 bits per heavy atom. The van der Waals surface area contributed by atoms with E-state index in [1.165, 1.54) is 17.4 Å². The molecule has 4 amide bonds. The number of imidazole rings is 1. The number of aliphatic hydroxyl groups is 1. The number of likely N-dealkylation sites (tertiary alicyclic amines) is 1. The molecule has 27 heavy (non-hydrogen) atoms. The molecule has 2 aliphatic heterocycles. The van der Waals surface area contributed by atoms with E-state index in [1.54, 1.807) is 0 Å². The Balaban J connectivity index is 1.76. The molecule has 0 saturated carbocycles. The molecule has 11 nitrogen and oxygen atoms in total. The maximum atomic E-state index is 13.0. The van der Waals surface area contributed by atoms with Crippen molar-refractivity contribution in [3.8, 4) is 0 Å². The molecule has 1 aromatic heterocycles. The van der Waals surface area contributed by atoms with Crippen molar-refractivity contribution in [3.63, 3.8) is 0 Å². The predicted molar refractivity (Wildman–Crippen MR) is 90.7 cm³/mol. The van der Waals surface area contributed by atoms with Crippen molar-refractivity contribution in [2.45, 2.75) is 49.9 Å². The van der Waals surface area contributed by atoms with Crippen LogP contribution in [0.4, 0.5) is 0 Å². The van der Waals surface area contributed by atoms with E-state index in [0.717, 1.165) is 0 Å². The number of amides is 4. The highest BCUT2D eigenvalue weighted by Gasteiger charge is 2.41. The van der Waals surface area contributed by atoms with Crippen LogP contribution in [-0.2, 0) is 25.6 Å². The maximum Gasteiger partial charge on any atom is 0.246 e. The number of β-amino-alcohol motifs (C(OH)–C–C–N with tert-alkyl or cyclic N) is 1. The molecule has 3 rings (SSSR count). The van der Waals surface area contributed by atoms with E-state index in [9.17, 15) is 24.3 Å². The van der Waals surface area contributed by atoms with E-state index >= 15 is 0 Å². The van der Waals surface area contributed by atoms with Crippen LogP contribution >= 0.6 is 0 Å². The molecule has 2 aliphatic rings.